The van der Waals surface area contributed by atoms with E-state index in [2.05, 4.69) is 15.3 Å². The molecule has 1 amide bonds. The Hall–Kier alpha value is -3.26. The molecule has 2 aromatic carbocycles. The topological polar surface area (TPSA) is 93.3 Å². The number of carbonyl (C=O) groups excluding carboxylic acids is 1. The second kappa shape index (κ2) is 7.77. The molecule has 4 rings (SSSR count). The molecule has 8 nitrogen and oxygen atoms in total. The molecule has 0 bridgehead atoms. The zero-order chi connectivity index (χ0) is 19.5. The number of piperidine rings is 1. The van der Waals surface area contributed by atoms with E-state index < -0.39 is 4.92 Å². The van der Waals surface area contributed by atoms with Gasteiger partial charge >= 0.3 is 0 Å². The van der Waals surface area contributed by atoms with Crippen LogP contribution in [0.3, 0.4) is 0 Å². The van der Waals surface area contributed by atoms with E-state index in [0.29, 0.717) is 13.2 Å². The summed E-state index contributed by atoms with van der Waals surface area (Å²) in [5.41, 5.74) is 1.58. The maximum absolute atomic E-state index is 12.6. The van der Waals surface area contributed by atoms with Crippen molar-refractivity contribution in [3.05, 3.63) is 64.8 Å². The van der Waals surface area contributed by atoms with E-state index in [1.54, 1.807) is 23.0 Å². The van der Waals surface area contributed by atoms with Gasteiger partial charge in [0.1, 0.15) is 0 Å². The molecule has 1 atom stereocenters. The minimum atomic E-state index is -0.401. The molecule has 0 radical (unpaired) electrons. The fourth-order valence-electron chi connectivity index (χ4n) is 3.64. The predicted molar refractivity (Wildman–Crippen MR) is 106 cm³/mol. The highest BCUT2D eigenvalue weighted by Gasteiger charge is 2.26. The molecule has 1 fully saturated rings. The summed E-state index contributed by atoms with van der Waals surface area (Å²) in [4.78, 5) is 25.4. The zero-order valence-electron chi connectivity index (χ0n) is 15.3. The Balaban J connectivity index is 1.45. The molecule has 1 aromatic heterocycles. The summed E-state index contributed by atoms with van der Waals surface area (Å²) in [5.74, 6) is -0.0676. The summed E-state index contributed by atoms with van der Waals surface area (Å²) in [6, 6.07) is 14.2. The maximum atomic E-state index is 12.6. The first-order chi connectivity index (χ1) is 13.6. The van der Waals surface area contributed by atoms with Crippen molar-refractivity contribution in [2.24, 2.45) is 5.92 Å². The van der Waals surface area contributed by atoms with Crippen LogP contribution in [-0.4, -0.2) is 38.6 Å². The lowest BCUT2D eigenvalue weighted by Gasteiger charge is -2.31. The van der Waals surface area contributed by atoms with Gasteiger partial charge in [0.25, 0.3) is 5.69 Å². The third-order valence-corrected chi connectivity index (χ3v) is 5.09. The summed E-state index contributed by atoms with van der Waals surface area (Å²) < 4.78 is 1.76. The summed E-state index contributed by atoms with van der Waals surface area (Å²) in [6.07, 6.45) is 3.48. The molecule has 0 unspecified atom stereocenters. The molecule has 1 N–H and O–H groups in total. The molecule has 144 valence electrons. The number of likely N-dealkylation sites (tertiary alicyclic amines) is 1. The number of rotatable bonds is 5. The van der Waals surface area contributed by atoms with Crippen molar-refractivity contribution in [3.63, 3.8) is 0 Å². The number of benzene rings is 2. The van der Waals surface area contributed by atoms with Crippen molar-refractivity contribution in [1.29, 1.82) is 0 Å². The van der Waals surface area contributed by atoms with Gasteiger partial charge in [0.15, 0.2) is 0 Å². The molecule has 3 aromatic rings. The van der Waals surface area contributed by atoms with Crippen LogP contribution in [0.25, 0.3) is 10.9 Å². The monoisotopic (exact) mass is 379 g/mol. The van der Waals surface area contributed by atoms with Crippen LogP contribution >= 0.6 is 0 Å². The van der Waals surface area contributed by atoms with Gasteiger partial charge in [0.05, 0.1) is 29.2 Å². The number of anilines is 1. The highest BCUT2D eigenvalue weighted by molar-refractivity contribution is 5.92. The average Bonchev–Trinajstić information content (AvgIpc) is 3.11. The lowest BCUT2D eigenvalue weighted by molar-refractivity contribution is -0.384. The first-order valence-corrected chi connectivity index (χ1v) is 9.28. The van der Waals surface area contributed by atoms with E-state index in [9.17, 15) is 14.9 Å². The molecule has 28 heavy (non-hydrogen) atoms. The molecule has 2 heterocycles. The number of para-hydroxylation sites is 1. The van der Waals surface area contributed by atoms with E-state index in [4.69, 9.17) is 0 Å². The predicted octanol–water partition coefficient (Wildman–Crippen LogP) is 3.25. The van der Waals surface area contributed by atoms with Crippen molar-refractivity contribution in [1.82, 2.24) is 14.7 Å². The Labute approximate surface area is 161 Å². The van der Waals surface area contributed by atoms with Crippen molar-refractivity contribution in [3.8, 4) is 0 Å². The molecule has 1 aliphatic heterocycles. The number of fused-ring (bicyclic) bond motifs is 1. The molecule has 1 aliphatic rings. The summed E-state index contributed by atoms with van der Waals surface area (Å²) in [5, 5.41) is 19.3. The van der Waals surface area contributed by atoms with Crippen LogP contribution in [0.4, 0.5) is 11.4 Å². The molecular weight excluding hydrogens is 358 g/mol. The number of nitrogens with zero attached hydrogens (tertiary/aromatic N) is 4. The van der Waals surface area contributed by atoms with E-state index in [0.717, 1.165) is 36.0 Å². The summed E-state index contributed by atoms with van der Waals surface area (Å²) in [7, 11) is 0. The van der Waals surface area contributed by atoms with Gasteiger partial charge in [0, 0.05) is 29.8 Å². The van der Waals surface area contributed by atoms with E-state index in [1.165, 1.54) is 6.07 Å². The van der Waals surface area contributed by atoms with Gasteiger partial charge in [-0.3, -0.25) is 24.5 Å². The van der Waals surface area contributed by atoms with Gasteiger partial charge in [-0.2, -0.15) is 5.10 Å². The van der Waals surface area contributed by atoms with Crippen molar-refractivity contribution >= 4 is 28.2 Å². The number of nitro benzene ring substituents is 1. The van der Waals surface area contributed by atoms with Gasteiger partial charge in [-0.05, 0) is 37.6 Å². The van der Waals surface area contributed by atoms with E-state index >= 15 is 0 Å². The molecular formula is C20H21N5O3. The minimum Gasteiger partial charge on any atom is -0.326 e. The zero-order valence-corrected chi connectivity index (χ0v) is 15.3. The Kier molecular flexibility index (Phi) is 5.03. The third kappa shape index (κ3) is 3.86. The maximum Gasteiger partial charge on any atom is 0.271 e. The second-order valence-corrected chi connectivity index (χ2v) is 7.06. The number of non-ortho nitro benzene ring substituents is 1. The molecule has 0 saturated carbocycles. The number of nitrogens with one attached hydrogen (secondary N) is 1. The number of hydrogen-bond donors (Lipinski definition) is 1. The molecule has 0 spiro atoms. The summed E-state index contributed by atoms with van der Waals surface area (Å²) >= 11 is 0. The molecule has 8 heteroatoms. The van der Waals surface area contributed by atoms with Crippen LogP contribution in [0.2, 0.25) is 0 Å². The number of hydrogen-bond acceptors (Lipinski definition) is 5. The highest BCUT2D eigenvalue weighted by Crippen LogP contribution is 2.23. The molecule has 1 saturated heterocycles. The first kappa shape index (κ1) is 18.1. The lowest BCUT2D eigenvalue weighted by Crippen LogP contribution is -2.41. The third-order valence-electron chi connectivity index (χ3n) is 5.09. The van der Waals surface area contributed by atoms with E-state index in [-0.39, 0.29) is 17.5 Å². The number of amides is 1. The Morgan fingerprint density at radius 2 is 2.07 bits per heavy atom. The second-order valence-electron chi connectivity index (χ2n) is 7.06. The summed E-state index contributed by atoms with van der Waals surface area (Å²) in [6.45, 7) is 2.00. The Morgan fingerprint density at radius 3 is 2.86 bits per heavy atom. The van der Waals surface area contributed by atoms with Crippen LogP contribution in [-0.2, 0) is 11.5 Å². The van der Waals surface area contributed by atoms with Gasteiger partial charge in [-0.25, -0.2) is 0 Å². The fraction of sp³-hybridized carbons (Fsp3) is 0.300. The van der Waals surface area contributed by atoms with Crippen LogP contribution in [0.1, 0.15) is 12.8 Å². The van der Waals surface area contributed by atoms with Crippen molar-refractivity contribution in [2.45, 2.75) is 19.5 Å². The molecule has 0 aliphatic carbocycles. The minimum absolute atomic E-state index is 0.0249. The average molecular weight is 379 g/mol. The standard InChI is InChI=1S/C20H21N5O3/c26-20(22-17-6-2-1-3-7-17)16-5-4-10-23(13-16)14-24-19-11-18(25(27)28)9-8-15(19)12-21-24/h1-3,6-9,11-12,16H,4-5,10,13-14H2,(H,22,26)/t16-/m0/s1. The Morgan fingerprint density at radius 1 is 1.25 bits per heavy atom. The number of nitro groups is 1. The number of carbonyl (C=O) groups is 1. The SMILES string of the molecule is O=C(Nc1ccccc1)[C@H]1CCCN(Cn2ncc3ccc([N+](=O)[O-])cc32)C1. The van der Waals surface area contributed by atoms with Crippen LogP contribution < -0.4 is 5.32 Å². The van der Waals surface area contributed by atoms with Crippen LogP contribution in [0.15, 0.2) is 54.7 Å². The van der Waals surface area contributed by atoms with Gasteiger partial charge < -0.3 is 5.32 Å². The van der Waals surface area contributed by atoms with E-state index in [1.807, 2.05) is 30.3 Å². The fourth-order valence-corrected chi connectivity index (χ4v) is 3.64. The first-order valence-electron chi connectivity index (χ1n) is 9.28. The van der Waals surface area contributed by atoms with Gasteiger partial charge in [-0.15, -0.1) is 0 Å². The Bertz CT molecular complexity index is 1000. The van der Waals surface area contributed by atoms with Crippen LogP contribution in [0.5, 0.6) is 0 Å². The van der Waals surface area contributed by atoms with Crippen LogP contribution in [0, 0.1) is 16.0 Å². The smallest absolute Gasteiger partial charge is 0.271 e. The largest absolute Gasteiger partial charge is 0.326 e. The quantitative estimate of drug-likeness (QED) is 0.542. The highest BCUT2D eigenvalue weighted by atomic mass is 16.6. The number of aromatic nitrogens is 2. The lowest BCUT2D eigenvalue weighted by atomic mass is 9.97. The van der Waals surface area contributed by atoms with Gasteiger partial charge in [0.2, 0.25) is 5.91 Å². The normalized spacial score (nSPS) is 17.5. The van der Waals surface area contributed by atoms with Gasteiger partial charge in [-0.1, -0.05) is 18.2 Å². The van der Waals surface area contributed by atoms with Crippen molar-refractivity contribution in [2.75, 3.05) is 18.4 Å². The van der Waals surface area contributed by atoms with Crippen molar-refractivity contribution < 1.29 is 9.72 Å².